The van der Waals surface area contributed by atoms with Gasteiger partial charge in [0.25, 0.3) is 0 Å². The minimum Gasteiger partial charge on any atom is -0.439 e. The Hall–Kier alpha value is -1.00. The van der Waals surface area contributed by atoms with E-state index < -0.39 is 0 Å². The Morgan fingerprint density at radius 2 is 2.11 bits per heavy atom. The summed E-state index contributed by atoms with van der Waals surface area (Å²) in [4.78, 5) is 0. The van der Waals surface area contributed by atoms with Gasteiger partial charge in [0.2, 0.25) is 5.88 Å². The molecule has 0 spiro atoms. The minimum atomic E-state index is 0.393. The van der Waals surface area contributed by atoms with Gasteiger partial charge in [-0.05, 0) is 37.6 Å². The number of hydrogen-bond donors (Lipinski definition) is 0. The average molecular weight is 330 g/mol. The molecule has 1 aromatic carbocycles. The highest BCUT2D eigenvalue weighted by atomic mass is 79.9. The van der Waals surface area contributed by atoms with Gasteiger partial charge in [-0.2, -0.15) is 5.10 Å². The number of aryl methyl sites for hydroxylation is 3. The van der Waals surface area contributed by atoms with E-state index in [9.17, 15) is 0 Å². The molecule has 0 bridgehead atoms. The first kappa shape index (κ1) is 13.4. The van der Waals surface area contributed by atoms with Crippen molar-refractivity contribution in [2.24, 2.45) is 7.05 Å². The van der Waals surface area contributed by atoms with E-state index in [0.29, 0.717) is 11.8 Å². The largest absolute Gasteiger partial charge is 0.439 e. The quantitative estimate of drug-likeness (QED) is 0.784. The van der Waals surface area contributed by atoms with Gasteiger partial charge in [-0.15, -0.1) is 11.6 Å². The zero-order valence-corrected chi connectivity index (χ0v) is 12.8. The van der Waals surface area contributed by atoms with Crippen molar-refractivity contribution in [2.75, 3.05) is 0 Å². The normalized spacial score (nSPS) is 10.7. The van der Waals surface area contributed by atoms with Crippen LogP contribution in [0.3, 0.4) is 0 Å². The van der Waals surface area contributed by atoms with Crippen molar-refractivity contribution in [1.82, 2.24) is 9.78 Å². The van der Waals surface area contributed by atoms with E-state index in [0.717, 1.165) is 27.0 Å². The Kier molecular flexibility index (Phi) is 3.97. The van der Waals surface area contributed by atoms with Crippen molar-refractivity contribution < 1.29 is 4.74 Å². The lowest BCUT2D eigenvalue weighted by molar-refractivity contribution is 0.424. The molecule has 0 aliphatic heterocycles. The summed E-state index contributed by atoms with van der Waals surface area (Å²) in [5.74, 6) is 1.91. The predicted octanol–water partition coefficient (Wildman–Crippen LogP) is 4.33. The summed E-state index contributed by atoms with van der Waals surface area (Å²) in [5.41, 5.74) is 2.89. The highest BCUT2D eigenvalue weighted by Gasteiger charge is 2.15. The fraction of sp³-hybridized carbons (Fsp3) is 0.308. The number of hydrogen-bond acceptors (Lipinski definition) is 2. The zero-order valence-electron chi connectivity index (χ0n) is 10.5. The molecule has 1 heterocycles. The number of nitrogens with zero attached hydrogens (tertiary/aromatic N) is 2. The second-order valence-electron chi connectivity index (χ2n) is 4.14. The molecule has 0 amide bonds. The van der Waals surface area contributed by atoms with Crippen LogP contribution in [-0.2, 0) is 12.9 Å². The van der Waals surface area contributed by atoms with Crippen molar-refractivity contribution >= 4 is 27.5 Å². The van der Waals surface area contributed by atoms with E-state index in [1.54, 1.807) is 4.68 Å². The van der Waals surface area contributed by atoms with Crippen LogP contribution in [0.5, 0.6) is 11.6 Å². The molecule has 96 valence electrons. The van der Waals surface area contributed by atoms with Crippen molar-refractivity contribution in [3.05, 3.63) is 39.5 Å². The van der Waals surface area contributed by atoms with Crippen LogP contribution in [0.25, 0.3) is 0 Å². The molecular weight excluding hydrogens is 316 g/mol. The van der Waals surface area contributed by atoms with Gasteiger partial charge in [0.05, 0.1) is 17.1 Å². The molecule has 5 heteroatoms. The van der Waals surface area contributed by atoms with Crippen LogP contribution in [0.15, 0.2) is 22.7 Å². The number of rotatable bonds is 3. The Bertz CT molecular complexity index is 581. The summed E-state index contributed by atoms with van der Waals surface area (Å²) in [7, 11) is 1.85. The average Bonchev–Trinajstić information content (AvgIpc) is 2.57. The lowest BCUT2D eigenvalue weighted by atomic mass is 10.2. The molecule has 0 aliphatic rings. The third-order valence-electron chi connectivity index (χ3n) is 2.77. The molecular formula is C13H14BrClN2O. The smallest absolute Gasteiger partial charge is 0.222 e. The fourth-order valence-electron chi connectivity index (χ4n) is 1.79. The van der Waals surface area contributed by atoms with Crippen LogP contribution < -0.4 is 4.74 Å². The van der Waals surface area contributed by atoms with Gasteiger partial charge in [0, 0.05) is 11.5 Å². The van der Waals surface area contributed by atoms with Gasteiger partial charge in [-0.25, -0.2) is 4.68 Å². The van der Waals surface area contributed by atoms with Gasteiger partial charge in [0.1, 0.15) is 5.75 Å². The predicted molar refractivity (Wildman–Crippen MR) is 76.5 cm³/mol. The van der Waals surface area contributed by atoms with Crippen molar-refractivity contribution in [3.8, 4) is 11.6 Å². The number of ether oxygens (including phenoxy) is 1. The molecule has 18 heavy (non-hydrogen) atoms. The third kappa shape index (κ3) is 2.54. The number of alkyl halides is 1. The lowest BCUT2D eigenvalue weighted by Gasteiger charge is -2.10. The van der Waals surface area contributed by atoms with Gasteiger partial charge in [0.15, 0.2) is 0 Å². The molecule has 0 aliphatic carbocycles. The van der Waals surface area contributed by atoms with E-state index in [1.807, 2.05) is 39.1 Å². The molecule has 0 saturated carbocycles. The molecule has 3 nitrogen and oxygen atoms in total. The zero-order chi connectivity index (χ0) is 13.3. The first-order valence-corrected chi connectivity index (χ1v) is 6.88. The Balaban J connectivity index is 2.39. The third-order valence-corrected chi connectivity index (χ3v) is 3.53. The van der Waals surface area contributed by atoms with Crippen LogP contribution >= 0.6 is 27.5 Å². The van der Waals surface area contributed by atoms with E-state index in [4.69, 9.17) is 16.3 Å². The standard InChI is InChI=1S/C13H14BrClN2O/c1-8-6-10(14)4-5-12(8)18-13-11(7-15)9(2)16-17(13)3/h4-6H,7H2,1-3H3. The monoisotopic (exact) mass is 328 g/mol. The Morgan fingerprint density at radius 3 is 2.72 bits per heavy atom. The molecule has 0 fully saturated rings. The van der Waals surface area contributed by atoms with Crippen molar-refractivity contribution in [3.63, 3.8) is 0 Å². The fourth-order valence-corrected chi connectivity index (χ4v) is 2.58. The first-order valence-electron chi connectivity index (χ1n) is 5.55. The van der Waals surface area contributed by atoms with Crippen LogP contribution in [0.2, 0.25) is 0 Å². The summed E-state index contributed by atoms with van der Waals surface area (Å²) in [6.45, 7) is 3.93. The molecule has 1 aromatic heterocycles. The van der Waals surface area contributed by atoms with Crippen LogP contribution in [0.4, 0.5) is 0 Å². The second kappa shape index (κ2) is 5.33. The SMILES string of the molecule is Cc1cc(Br)ccc1Oc1c(CCl)c(C)nn1C. The highest BCUT2D eigenvalue weighted by Crippen LogP contribution is 2.31. The van der Waals surface area contributed by atoms with Crippen LogP contribution in [0, 0.1) is 13.8 Å². The number of halogens is 2. The van der Waals surface area contributed by atoms with E-state index in [1.165, 1.54) is 0 Å². The Labute approximate surface area is 120 Å². The van der Waals surface area contributed by atoms with Crippen molar-refractivity contribution in [2.45, 2.75) is 19.7 Å². The van der Waals surface area contributed by atoms with Crippen LogP contribution in [0.1, 0.15) is 16.8 Å². The number of aromatic nitrogens is 2. The Morgan fingerprint density at radius 1 is 1.39 bits per heavy atom. The van der Waals surface area contributed by atoms with Gasteiger partial charge >= 0.3 is 0 Å². The molecule has 0 unspecified atom stereocenters. The summed E-state index contributed by atoms with van der Waals surface area (Å²) < 4.78 is 8.68. The molecule has 0 saturated heterocycles. The summed E-state index contributed by atoms with van der Waals surface area (Å²) in [6.07, 6.45) is 0. The number of benzene rings is 1. The summed E-state index contributed by atoms with van der Waals surface area (Å²) in [6, 6.07) is 5.89. The lowest BCUT2D eigenvalue weighted by Crippen LogP contribution is -1.97. The van der Waals surface area contributed by atoms with Crippen molar-refractivity contribution in [1.29, 1.82) is 0 Å². The van der Waals surface area contributed by atoms with Crippen LogP contribution in [-0.4, -0.2) is 9.78 Å². The topological polar surface area (TPSA) is 27.1 Å². The van der Waals surface area contributed by atoms with Gasteiger partial charge < -0.3 is 4.74 Å². The van der Waals surface area contributed by atoms with E-state index in [2.05, 4.69) is 21.0 Å². The highest BCUT2D eigenvalue weighted by molar-refractivity contribution is 9.10. The second-order valence-corrected chi connectivity index (χ2v) is 5.32. The minimum absolute atomic E-state index is 0.393. The first-order chi connectivity index (χ1) is 8.52. The van der Waals surface area contributed by atoms with Gasteiger partial charge in [-0.1, -0.05) is 15.9 Å². The maximum absolute atomic E-state index is 5.94. The molecule has 2 rings (SSSR count). The van der Waals surface area contributed by atoms with E-state index >= 15 is 0 Å². The molecule has 0 radical (unpaired) electrons. The maximum Gasteiger partial charge on any atom is 0.222 e. The summed E-state index contributed by atoms with van der Waals surface area (Å²) in [5, 5.41) is 4.32. The maximum atomic E-state index is 5.94. The molecule has 0 atom stereocenters. The molecule has 0 N–H and O–H groups in total. The molecule has 2 aromatic rings. The summed E-state index contributed by atoms with van der Waals surface area (Å²) >= 11 is 9.38. The van der Waals surface area contributed by atoms with Gasteiger partial charge in [-0.3, -0.25) is 0 Å². The van der Waals surface area contributed by atoms with E-state index in [-0.39, 0.29) is 0 Å².